The highest BCUT2D eigenvalue weighted by atomic mass is 15.2. The van der Waals surface area contributed by atoms with Crippen molar-refractivity contribution in [2.45, 2.75) is 26.2 Å². The van der Waals surface area contributed by atoms with Gasteiger partial charge < -0.3 is 10.2 Å². The van der Waals surface area contributed by atoms with Crippen LogP contribution in [0, 0.1) is 0 Å². The molecule has 0 aliphatic carbocycles. The summed E-state index contributed by atoms with van der Waals surface area (Å²) in [4.78, 5) is 6.97. The van der Waals surface area contributed by atoms with Crippen LogP contribution in [0.15, 0.2) is 18.3 Å². The molecule has 3 nitrogen and oxygen atoms in total. The number of nitrogens with zero attached hydrogens (tertiary/aromatic N) is 2. The van der Waals surface area contributed by atoms with E-state index in [1.54, 1.807) is 0 Å². The molecular formula is C13H23N3. The highest BCUT2D eigenvalue weighted by Crippen LogP contribution is 2.27. The largest absolute Gasteiger partial charge is 0.354 e. The Hall–Kier alpha value is -1.09. The summed E-state index contributed by atoms with van der Waals surface area (Å²) >= 11 is 0. The molecule has 1 aliphatic rings. The first kappa shape index (κ1) is 11.4. The first-order valence-electron chi connectivity index (χ1n) is 6.23. The van der Waals surface area contributed by atoms with Gasteiger partial charge in [-0.25, -0.2) is 4.98 Å². The quantitative estimate of drug-likeness (QED) is 0.848. The van der Waals surface area contributed by atoms with E-state index < -0.39 is 0 Å². The summed E-state index contributed by atoms with van der Waals surface area (Å²) < 4.78 is 0. The van der Waals surface area contributed by atoms with E-state index in [2.05, 4.69) is 35.1 Å². The Balaban J connectivity index is 0.00000144. The second-order valence-electron chi connectivity index (χ2n) is 4.46. The molecule has 0 bridgehead atoms. The second kappa shape index (κ2) is 5.30. The lowest BCUT2D eigenvalue weighted by Gasteiger charge is -2.31. The number of hydrogen-bond acceptors (Lipinski definition) is 3. The van der Waals surface area contributed by atoms with Gasteiger partial charge in [-0.1, -0.05) is 19.9 Å². The molecule has 2 rings (SSSR count). The minimum Gasteiger partial charge on any atom is -0.354 e. The lowest BCUT2D eigenvalue weighted by molar-refractivity contribution is 0.580. The molecule has 1 aromatic heterocycles. The van der Waals surface area contributed by atoms with E-state index >= 15 is 0 Å². The van der Waals surface area contributed by atoms with E-state index in [9.17, 15) is 0 Å². The van der Waals surface area contributed by atoms with E-state index in [0.717, 1.165) is 26.2 Å². The fourth-order valence-electron chi connectivity index (χ4n) is 2.15. The van der Waals surface area contributed by atoms with Crippen LogP contribution in [0.2, 0.25) is 0 Å². The predicted molar refractivity (Wildman–Crippen MR) is 70.1 cm³/mol. The molecule has 1 aliphatic heterocycles. The van der Waals surface area contributed by atoms with Gasteiger partial charge in [0.1, 0.15) is 5.82 Å². The number of pyridine rings is 1. The van der Waals surface area contributed by atoms with Crippen LogP contribution in [0.4, 0.5) is 5.82 Å². The number of aromatic nitrogens is 1. The van der Waals surface area contributed by atoms with Crippen LogP contribution in [0.5, 0.6) is 0 Å². The van der Waals surface area contributed by atoms with Crippen LogP contribution < -0.4 is 10.2 Å². The van der Waals surface area contributed by atoms with Gasteiger partial charge in [0, 0.05) is 33.8 Å². The van der Waals surface area contributed by atoms with Crippen molar-refractivity contribution >= 4 is 5.82 Å². The molecule has 1 unspecified atom stereocenters. The zero-order chi connectivity index (χ0) is 11.4. The van der Waals surface area contributed by atoms with Gasteiger partial charge in [0.05, 0.1) is 0 Å². The zero-order valence-electron chi connectivity index (χ0n) is 10.2. The predicted octanol–water partition coefficient (Wildman–Crippen LogP) is 2.25. The minimum atomic E-state index is 0. The summed E-state index contributed by atoms with van der Waals surface area (Å²) in [7, 11) is 0. The molecule has 0 aromatic carbocycles. The molecule has 0 spiro atoms. The monoisotopic (exact) mass is 221 g/mol. The van der Waals surface area contributed by atoms with Crippen LogP contribution in [0.25, 0.3) is 0 Å². The molecule has 0 saturated carbocycles. The lowest BCUT2D eigenvalue weighted by Crippen LogP contribution is -2.44. The van der Waals surface area contributed by atoms with E-state index in [0.29, 0.717) is 5.92 Å². The first-order valence-corrected chi connectivity index (χ1v) is 6.23. The smallest absolute Gasteiger partial charge is 0.132 e. The first-order chi connectivity index (χ1) is 7.83. The van der Waals surface area contributed by atoms with Gasteiger partial charge in [-0.05, 0) is 24.0 Å². The highest BCUT2D eigenvalue weighted by Gasteiger charge is 2.17. The molecule has 1 N–H and O–H groups in total. The normalized spacial score (nSPS) is 18.5. The van der Waals surface area contributed by atoms with Crippen molar-refractivity contribution in [2.24, 2.45) is 0 Å². The molecular weight excluding hydrogens is 198 g/mol. The van der Waals surface area contributed by atoms with Crippen LogP contribution in [0.1, 0.15) is 33.2 Å². The Morgan fingerprint density at radius 3 is 2.94 bits per heavy atom. The molecule has 0 amide bonds. The highest BCUT2D eigenvalue weighted by molar-refractivity contribution is 5.48. The fraction of sp³-hybridized carbons (Fsp3) is 0.615. The number of hydrogen-bond donors (Lipinski definition) is 1. The summed E-state index contributed by atoms with van der Waals surface area (Å²) in [5.74, 6) is 1.79. The number of piperazine rings is 1. The average molecular weight is 221 g/mol. The molecule has 16 heavy (non-hydrogen) atoms. The molecule has 2 heterocycles. The van der Waals surface area contributed by atoms with Crippen molar-refractivity contribution in [3.8, 4) is 0 Å². The Morgan fingerprint density at radius 2 is 2.25 bits per heavy atom. The van der Waals surface area contributed by atoms with Gasteiger partial charge in [0.15, 0.2) is 0 Å². The summed E-state index contributed by atoms with van der Waals surface area (Å²) in [6.07, 6.45) is 3.08. The van der Waals surface area contributed by atoms with E-state index in [-0.39, 0.29) is 1.43 Å². The van der Waals surface area contributed by atoms with E-state index in [4.69, 9.17) is 0 Å². The van der Waals surface area contributed by atoms with Crippen molar-refractivity contribution in [3.05, 3.63) is 23.9 Å². The number of nitrogens with one attached hydrogen (secondary N) is 1. The topological polar surface area (TPSA) is 28.2 Å². The fourth-order valence-corrected chi connectivity index (χ4v) is 2.15. The van der Waals surface area contributed by atoms with Crippen molar-refractivity contribution in [3.63, 3.8) is 0 Å². The Morgan fingerprint density at radius 1 is 1.50 bits per heavy atom. The van der Waals surface area contributed by atoms with Gasteiger partial charge in [0.25, 0.3) is 0 Å². The summed E-state index contributed by atoms with van der Waals surface area (Å²) in [5.41, 5.74) is 1.40. The third kappa shape index (κ3) is 2.35. The van der Waals surface area contributed by atoms with Gasteiger partial charge in [-0.15, -0.1) is 0 Å². The maximum Gasteiger partial charge on any atom is 0.132 e. The Labute approximate surface area is 99.4 Å². The van der Waals surface area contributed by atoms with E-state index in [1.165, 1.54) is 17.8 Å². The molecule has 0 radical (unpaired) electrons. The molecule has 1 atom stereocenters. The van der Waals surface area contributed by atoms with Crippen molar-refractivity contribution in [1.82, 2.24) is 10.3 Å². The van der Waals surface area contributed by atoms with Crippen LogP contribution in [0.3, 0.4) is 0 Å². The number of anilines is 1. The van der Waals surface area contributed by atoms with Crippen molar-refractivity contribution in [2.75, 3.05) is 31.1 Å². The average Bonchev–Trinajstić information content (AvgIpc) is 2.39. The van der Waals surface area contributed by atoms with Crippen molar-refractivity contribution < 1.29 is 1.43 Å². The Kier molecular flexibility index (Phi) is 3.78. The SMILES string of the molecule is CCC(C)c1cccnc1N1CCNCC1.[HH]. The second-order valence-corrected chi connectivity index (χ2v) is 4.46. The molecule has 1 saturated heterocycles. The third-order valence-electron chi connectivity index (χ3n) is 3.38. The standard InChI is InChI=1S/C13H21N3.H2/c1-3-11(2)12-5-4-6-15-13(12)16-9-7-14-8-10-16;/h4-6,11,14H,3,7-10H2,1-2H3;1H. The maximum absolute atomic E-state index is 4.57. The molecule has 1 aromatic rings. The maximum atomic E-state index is 4.57. The van der Waals surface area contributed by atoms with Crippen molar-refractivity contribution in [1.29, 1.82) is 0 Å². The van der Waals surface area contributed by atoms with Crippen LogP contribution in [-0.4, -0.2) is 31.2 Å². The molecule has 1 fully saturated rings. The lowest BCUT2D eigenvalue weighted by atomic mass is 9.99. The Bertz CT molecular complexity index is 337. The summed E-state index contributed by atoms with van der Waals surface area (Å²) in [6, 6.07) is 4.27. The van der Waals surface area contributed by atoms with Crippen LogP contribution >= 0.6 is 0 Å². The van der Waals surface area contributed by atoms with Gasteiger partial charge in [0.2, 0.25) is 0 Å². The van der Waals surface area contributed by atoms with Gasteiger partial charge in [-0.3, -0.25) is 0 Å². The van der Waals surface area contributed by atoms with Crippen LogP contribution in [-0.2, 0) is 0 Å². The third-order valence-corrected chi connectivity index (χ3v) is 3.38. The summed E-state index contributed by atoms with van der Waals surface area (Å²) in [6.45, 7) is 8.79. The number of rotatable bonds is 3. The van der Waals surface area contributed by atoms with Gasteiger partial charge >= 0.3 is 0 Å². The zero-order valence-corrected chi connectivity index (χ0v) is 10.2. The summed E-state index contributed by atoms with van der Waals surface area (Å²) in [5, 5.41) is 3.38. The van der Waals surface area contributed by atoms with Gasteiger partial charge in [-0.2, -0.15) is 0 Å². The molecule has 3 heteroatoms. The molecule has 90 valence electrons. The minimum absolute atomic E-state index is 0. The van der Waals surface area contributed by atoms with E-state index in [1.807, 2.05) is 12.3 Å².